The van der Waals surface area contributed by atoms with Gasteiger partial charge in [-0.05, 0) is 82.9 Å². The molecule has 11 nitrogen and oxygen atoms in total. The van der Waals surface area contributed by atoms with Gasteiger partial charge in [-0.25, -0.2) is 0 Å². The number of benzene rings is 1. The fourth-order valence-electron chi connectivity index (χ4n) is 7.70. The maximum atomic E-state index is 13.3. The lowest BCUT2D eigenvalue weighted by molar-refractivity contribution is -0.136. The van der Waals surface area contributed by atoms with E-state index in [2.05, 4.69) is 56.7 Å². The molecule has 5 aliphatic rings. The number of ether oxygens (including phenoxy) is 1. The van der Waals surface area contributed by atoms with Gasteiger partial charge < -0.3 is 35.4 Å². The number of rotatable bonds is 10. The molecule has 1 saturated heterocycles. The number of carbonyl (C=O) groups excluding carboxylic acids is 2. The van der Waals surface area contributed by atoms with Crippen LogP contribution in [0.15, 0.2) is 29.7 Å². The fraction of sp³-hybridized carbons (Fsp3) is 0.706. The van der Waals surface area contributed by atoms with Crippen LogP contribution in [0.1, 0.15) is 76.1 Å². The minimum atomic E-state index is -0.283. The van der Waals surface area contributed by atoms with Crippen LogP contribution >= 0.6 is 0 Å². The highest BCUT2D eigenvalue weighted by atomic mass is 16.5. The Balaban J connectivity index is 1.02. The van der Waals surface area contributed by atoms with Crippen molar-refractivity contribution in [2.75, 3.05) is 58.7 Å². The number of hydrogen-bond acceptors (Lipinski definition) is 9. The van der Waals surface area contributed by atoms with Gasteiger partial charge >= 0.3 is 0 Å². The van der Waals surface area contributed by atoms with E-state index >= 15 is 0 Å². The third-order valence-corrected chi connectivity index (χ3v) is 10.5. The SMILES string of the molecule is CCC1C(=O)N(C)C2=C(NC(Nc3ccc(C(=O)NC4CCC(N5CCN(CC6CC6)CC5)CC4)cc3OC)NC2)N1C(C)C. The second-order valence-corrected chi connectivity index (χ2v) is 13.9. The quantitative estimate of drug-likeness (QED) is 0.314. The molecule has 248 valence electrons. The van der Waals surface area contributed by atoms with Crippen molar-refractivity contribution in [3.05, 3.63) is 35.3 Å². The van der Waals surface area contributed by atoms with Gasteiger partial charge in [0.1, 0.15) is 17.6 Å². The zero-order valence-corrected chi connectivity index (χ0v) is 27.9. The molecule has 6 rings (SSSR count). The molecule has 2 unspecified atom stereocenters. The maximum Gasteiger partial charge on any atom is 0.251 e. The summed E-state index contributed by atoms with van der Waals surface area (Å²) in [5.41, 5.74) is 2.32. The summed E-state index contributed by atoms with van der Waals surface area (Å²) in [4.78, 5) is 35.7. The van der Waals surface area contributed by atoms with Crippen molar-refractivity contribution in [2.24, 2.45) is 5.92 Å². The van der Waals surface area contributed by atoms with Crippen molar-refractivity contribution in [2.45, 2.75) is 96.2 Å². The summed E-state index contributed by atoms with van der Waals surface area (Å²) in [6, 6.07) is 6.42. The third kappa shape index (κ3) is 7.05. The molecule has 0 spiro atoms. The second-order valence-electron chi connectivity index (χ2n) is 13.9. The van der Waals surface area contributed by atoms with E-state index in [0.717, 1.165) is 55.2 Å². The molecular weight excluding hydrogens is 568 g/mol. The van der Waals surface area contributed by atoms with E-state index in [1.165, 1.54) is 45.6 Å². The van der Waals surface area contributed by atoms with Gasteiger partial charge in [0.2, 0.25) is 5.91 Å². The van der Waals surface area contributed by atoms with Crippen LogP contribution in [0.4, 0.5) is 5.69 Å². The summed E-state index contributed by atoms with van der Waals surface area (Å²) in [5.74, 6) is 2.63. The lowest BCUT2D eigenvalue weighted by Gasteiger charge is -2.48. The smallest absolute Gasteiger partial charge is 0.251 e. The molecule has 0 aromatic heterocycles. The minimum Gasteiger partial charge on any atom is -0.495 e. The summed E-state index contributed by atoms with van der Waals surface area (Å²) < 4.78 is 5.73. The average Bonchev–Trinajstić information content (AvgIpc) is 3.87. The van der Waals surface area contributed by atoms with E-state index in [4.69, 9.17) is 4.74 Å². The van der Waals surface area contributed by atoms with Gasteiger partial charge in [-0.1, -0.05) is 6.92 Å². The molecule has 2 saturated carbocycles. The van der Waals surface area contributed by atoms with Crippen LogP contribution < -0.4 is 26.0 Å². The fourth-order valence-corrected chi connectivity index (χ4v) is 7.70. The molecule has 0 bridgehead atoms. The van der Waals surface area contributed by atoms with Crippen molar-refractivity contribution in [3.63, 3.8) is 0 Å². The van der Waals surface area contributed by atoms with Crippen LogP contribution in [0.25, 0.3) is 0 Å². The Hall–Kier alpha value is -3.02. The molecule has 3 fully saturated rings. The number of carbonyl (C=O) groups is 2. The van der Waals surface area contributed by atoms with Gasteiger partial charge in [0.25, 0.3) is 5.91 Å². The lowest BCUT2D eigenvalue weighted by Crippen LogP contribution is -2.64. The van der Waals surface area contributed by atoms with Gasteiger partial charge in [-0.2, -0.15) is 0 Å². The Morgan fingerprint density at radius 1 is 1.07 bits per heavy atom. The number of piperazine rings is 1. The van der Waals surface area contributed by atoms with Gasteiger partial charge in [0.05, 0.1) is 18.5 Å². The molecule has 4 N–H and O–H groups in total. The number of hydrogen-bond donors (Lipinski definition) is 4. The van der Waals surface area contributed by atoms with E-state index < -0.39 is 0 Å². The van der Waals surface area contributed by atoms with Crippen LogP contribution in [0, 0.1) is 5.92 Å². The van der Waals surface area contributed by atoms with Crippen LogP contribution in [0.3, 0.4) is 0 Å². The van der Waals surface area contributed by atoms with Crippen molar-refractivity contribution in [1.29, 1.82) is 0 Å². The van der Waals surface area contributed by atoms with Crippen LogP contribution in [0.2, 0.25) is 0 Å². The number of methoxy groups -OCH3 is 1. The Labute approximate surface area is 269 Å². The maximum absolute atomic E-state index is 13.3. The number of anilines is 1. The standard InChI is InChI=1S/C34H54N8O3/c1-6-28-33(44)39(4)29-20-35-34(38-31(29)42(28)22(2)3)37-27-14-9-24(19-30(27)45-5)32(43)36-25-10-12-26(13-11-25)41-17-15-40(16-18-41)21-23-7-8-23/h9,14,19,22-23,25-26,28,34-35,37-38H,6-8,10-13,15-18,20-21H2,1-5H3,(H,36,43). The first kappa shape index (κ1) is 31.9. The first-order chi connectivity index (χ1) is 21.7. The Bertz CT molecular complexity index is 1250. The first-order valence-corrected chi connectivity index (χ1v) is 17.3. The zero-order chi connectivity index (χ0) is 31.7. The van der Waals surface area contributed by atoms with Gasteiger partial charge in [-0.3, -0.25) is 19.8 Å². The summed E-state index contributed by atoms with van der Waals surface area (Å²) in [6.07, 6.45) is 7.67. The first-order valence-electron chi connectivity index (χ1n) is 17.3. The molecule has 45 heavy (non-hydrogen) atoms. The molecule has 3 heterocycles. The molecule has 2 aliphatic carbocycles. The highest BCUT2D eigenvalue weighted by Gasteiger charge is 2.41. The molecule has 3 aliphatic heterocycles. The van der Waals surface area contributed by atoms with E-state index in [9.17, 15) is 9.59 Å². The highest BCUT2D eigenvalue weighted by molar-refractivity contribution is 5.95. The van der Waals surface area contributed by atoms with Gasteiger partial charge in [0.15, 0.2) is 6.29 Å². The molecule has 2 amide bonds. The third-order valence-electron chi connectivity index (χ3n) is 10.5. The summed E-state index contributed by atoms with van der Waals surface area (Å²) >= 11 is 0. The highest BCUT2D eigenvalue weighted by Crippen LogP contribution is 2.32. The molecular formula is C34H54N8O3. The summed E-state index contributed by atoms with van der Waals surface area (Å²) in [6.45, 7) is 12.9. The molecule has 11 heteroatoms. The summed E-state index contributed by atoms with van der Waals surface area (Å²) in [7, 11) is 3.48. The van der Waals surface area contributed by atoms with Crippen molar-refractivity contribution >= 4 is 17.5 Å². The van der Waals surface area contributed by atoms with E-state index in [0.29, 0.717) is 23.9 Å². The predicted octanol–water partition coefficient (Wildman–Crippen LogP) is 2.78. The number of nitrogens with one attached hydrogen (secondary N) is 4. The van der Waals surface area contributed by atoms with E-state index in [1.807, 2.05) is 25.2 Å². The topological polar surface area (TPSA) is 104 Å². The Kier molecular flexibility index (Phi) is 9.77. The number of likely N-dealkylation sites (N-methyl/N-ethyl adjacent to an activating group) is 1. The largest absolute Gasteiger partial charge is 0.495 e. The lowest BCUT2D eigenvalue weighted by atomic mass is 9.89. The van der Waals surface area contributed by atoms with Crippen LogP contribution in [0.5, 0.6) is 5.75 Å². The van der Waals surface area contributed by atoms with Crippen molar-refractivity contribution in [1.82, 2.24) is 35.6 Å². The Morgan fingerprint density at radius 2 is 1.80 bits per heavy atom. The number of amides is 2. The van der Waals surface area contributed by atoms with Gasteiger partial charge in [0, 0.05) is 70.0 Å². The van der Waals surface area contributed by atoms with Crippen LogP contribution in [-0.2, 0) is 4.79 Å². The van der Waals surface area contributed by atoms with Gasteiger partial charge in [-0.15, -0.1) is 0 Å². The average molecular weight is 623 g/mol. The van der Waals surface area contributed by atoms with Crippen LogP contribution in [-0.4, -0.2) is 115 Å². The molecule has 1 aromatic rings. The summed E-state index contributed by atoms with van der Waals surface area (Å²) in [5, 5.41) is 13.8. The minimum absolute atomic E-state index is 0.0474. The predicted molar refractivity (Wildman–Crippen MR) is 177 cm³/mol. The zero-order valence-electron chi connectivity index (χ0n) is 27.9. The van der Waals surface area contributed by atoms with Crippen molar-refractivity contribution in [3.8, 4) is 5.75 Å². The molecule has 1 aromatic carbocycles. The molecule has 0 radical (unpaired) electrons. The monoisotopic (exact) mass is 622 g/mol. The number of nitrogens with zero attached hydrogens (tertiary/aromatic N) is 4. The van der Waals surface area contributed by atoms with E-state index in [1.54, 1.807) is 12.0 Å². The van der Waals surface area contributed by atoms with E-state index in [-0.39, 0.29) is 36.2 Å². The normalized spacial score (nSPS) is 28.2. The van der Waals surface area contributed by atoms with Crippen molar-refractivity contribution < 1.29 is 14.3 Å². The molecule has 2 atom stereocenters. The Morgan fingerprint density at radius 3 is 2.44 bits per heavy atom. The second kappa shape index (κ2) is 13.8.